The van der Waals surface area contributed by atoms with E-state index in [1.807, 2.05) is 0 Å². The maximum Gasteiger partial charge on any atom is 0.335 e. The van der Waals surface area contributed by atoms with Crippen molar-refractivity contribution in [2.24, 2.45) is 0 Å². The van der Waals surface area contributed by atoms with Gasteiger partial charge in [0.25, 0.3) is 0 Å². The molecule has 0 spiro atoms. The van der Waals surface area contributed by atoms with E-state index < -0.39 is 12.1 Å². The zero-order chi connectivity index (χ0) is 12.3. The van der Waals surface area contributed by atoms with Crippen molar-refractivity contribution >= 4 is 5.97 Å². The molecule has 0 saturated carbocycles. The first-order chi connectivity index (χ1) is 7.41. The van der Waals surface area contributed by atoms with Gasteiger partial charge in [0.15, 0.2) is 0 Å². The summed E-state index contributed by atoms with van der Waals surface area (Å²) in [6.07, 6.45) is -0.627. The summed E-state index contributed by atoms with van der Waals surface area (Å²) in [4.78, 5) is 10.7. The number of phenols is 1. The number of carboxylic acid groups (broad SMARTS) is 1. The molecule has 86 valence electrons. The summed E-state index contributed by atoms with van der Waals surface area (Å²) < 4.78 is 0. The Morgan fingerprint density at radius 2 is 2.12 bits per heavy atom. The van der Waals surface area contributed by atoms with E-state index in [0.717, 1.165) is 0 Å². The van der Waals surface area contributed by atoms with Crippen molar-refractivity contribution < 1.29 is 20.1 Å². The lowest BCUT2D eigenvalue weighted by atomic mass is 10.0. The van der Waals surface area contributed by atoms with E-state index in [1.54, 1.807) is 6.92 Å². The van der Waals surface area contributed by atoms with Crippen molar-refractivity contribution in [2.45, 2.75) is 19.4 Å². The van der Waals surface area contributed by atoms with Crippen LogP contribution >= 0.6 is 0 Å². The van der Waals surface area contributed by atoms with Gasteiger partial charge in [-0.25, -0.2) is 4.79 Å². The highest BCUT2D eigenvalue weighted by Crippen LogP contribution is 2.21. The highest BCUT2D eigenvalue weighted by atomic mass is 16.4. The molecule has 0 amide bonds. The number of aliphatic hydroxyl groups excluding tert-OH is 1. The van der Waals surface area contributed by atoms with Crippen LogP contribution in [0.4, 0.5) is 0 Å². The fraction of sp³-hybridized carbons (Fsp3) is 0.250. The molecule has 16 heavy (non-hydrogen) atoms. The van der Waals surface area contributed by atoms with Crippen LogP contribution in [-0.2, 0) is 6.42 Å². The summed E-state index contributed by atoms with van der Waals surface area (Å²) in [6, 6.07) is 3.97. The van der Waals surface area contributed by atoms with Gasteiger partial charge in [-0.2, -0.15) is 0 Å². The first-order valence-electron chi connectivity index (χ1n) is 4.80. The Labute approximate surface area is 93.5 Å². The first-order valence-corrected chi connectivity index (χ1v) is 4.80. The minimum absolute atomic E-state index is 0.0229. The lowest BCUT2D eigenvalue weighted by molar-refractivity contribution is 0.0696. The number of benzene rings is 1. The number of phenolic OH excluding ortho intramolecular Hbond substituents is 1. The fourth-order valence-electron chi connectivity index (χ4n) is 1.26. The molecule has 0 fully saturated rings. The third kappa shape index (κ3) is 2.84. The van der Waals surface area contributed by atoms with Gasteiger partial charge in [0.05, 0.1) is 11.7 Å². The highest BCUT2D eigenvalue weighted by molar-refractivity contribution is 5.88. The third-order valence-corrected chi connectivity index (χ3v) is 2.31. The minimum Gasteiger partial charge on any atom is -0.508 e. The summed E-state index contributed by atoms with van der Waals surface area (Å²) in [5.74, 6) is -1.09. The smallest absolute Gasteiger partial charge is 0.335 e. The molecule has 0 bridgehead atoms. The normalized spacial score (nSPS) is 12.1. The molecule has 0 aliphatic rings. The maximum atomic E-state index is 10.7. The largest absolute Gasteiger partial charge is 0.508 e. The second-order valence-electron chi connectivity index (χ2n) is 3.71. The van der Waals surface area contributed by atoms with Gasteiger partial charge in [0.1, 0.15) is 5.75 Å². The van der Waals surface area contributed by atoms with Crippen molar-refractivity contribution in [3.05, 3.63) is 41.5 Å². The SMILES string of the molecule is C=C(C)C(O)Cc1cc(C(=O)O)ccc1O. The van der Waals surface area contributed by atoms with E-state index in [0.29, 0.717) is 11.1 Å². The molecular formula is C12H14O4. The van der Waals surface area contributed by atoms with Gasteiger partial charge in [0, 0.05) is 6.42 Å². The standard InChI is InChI=1S/C12H14O4/c1-7(2)11(14)6-9-5-8(12(15)16)3-4-10(9)13/h3-5,11,13-14H,1,6H2,2H3,(H,15,16). The lowest BCUT2D eigenvalue weighted by Crippen LogP contribution is -2.11. The summed E-state index contributed by atoms with van der Waals surface area (Å²) in [7, 11) is 0. The zero-order valence-electron chi connectivity index (χ0n) is 8.97. The molecule has 1 atom stereocenters. The highest BCUT2D eigenvalue weighted by Gasteiger charge is 2.12. The molecule has 0 saturated heterocycles. The predicted molar refractivity (Wildman–Crippen MR) is 59.6 cm³/mol. The number of rotatable bonds is 4. The minimum atomic E-state index is -1.06. The monoisotopic (exact) mass is 222 g/mol. The molecule has 1 aromatic rings. The van der Waals surface area contributed by atoms with Crippen LogP contribution in [0.1, 0.15) is 22.8 Å². The summed E-state index contributed by atoms with van der Waals surface area (Å²) in [5.41, 5.74) is 1.05. The number of aromatic hydroxyl groups is 1. The molecule has 1 aromatic carbocycles. The van der Waals surface area contributed by atoms with Crippen LogP contribution in [0, 0.1) is 0 Å². The van der Waals surface area contributed by atoms with E-state index in [-0.39, 0.29) is 17.7 Å². The average Bonchev–Trinajstić information content (AvgIpc) is 2.20. The molecule has 1 rings (SSSR count). The van der Waals surface area contributed by atoms with Crippen LogP contribution in [-0.4, -0.2) is 27.4 Å². The Hall–Kier alpha value is -1.81. The molecule has 4 nitrogen and oxygen atoms in total. The lowest BCUT2D eigenvalue weighted by Gasteiger charge is -2.11. The second-order valence-corrected chi connectivity index (χ2v) is 3.71. The second kappa shape index (κ2) is 4.81. The molecule has 0 heterocycles. The molecule has 0 aliphatic carbocycles. The number of carbonyl (C=O) groups is 1. The predicted octanol–water partition coefficient (Wildman–Crippen LogP) is 1.57. The number of carboxylic acids is 1. The number of aromatic carboxylic acids is 1. The first kappa shape index (κ1) is 12.3. The van der Waals surface area contributed by atoms with Crippen LogP contribution in [0.2, 0.25) is 0 Å². The maximum absolute atomic E-state index is 10.7. The summed E-state index contributed by atoms with van der Waals surface area (Å²) in [6.45, 7) is 5.26. The van der Waals surface area contributed by atoms with Gasteiger partial charge in [-0.05, 0) is 30.7 Å². The van der Waals surface area contributed by atoms with Gasteiger partial charge < -0.3 is 15.3 Å². The molecule has 3 N–H and O–H groups in total. The number of hydrogen-bond acceptors (Lipinski definition) is 3. The average molecular weight is 222 g/mol. The molecule has 0 aromatic heterocycles. The summed E-state index contributed by atoms with van der Waals surface area (Å²) >= 11 is 0. The Morgan fingerprint density at radius 3 is 2.62 bits per heavy atom. The van der Waals surface area contributed by atoms with Crippen LogP contribution in [0.25, 0.3) is 0 Å². The van der Waals surface area contributed by atoms with Gasteiger partial charge in [0.2, 0.25) is 0 Å². The fourth-order valence-corrected chi connectivity index (χ4v) is 1.26. The molecular weight excluding hydrogens is 208 g/mol. The van der Waals surface area contributed by atoms with E-state index in [1.165, 1.54) is 18.2 Å². The van der Waals surface area contributed by atoms with Crippen molar-refractivity contribution in [2.75, 3.05) is 0 Å². The Balaban J connectivity index is 2.98. The van der Waals surface area contributed by atoms with E-state index in [4.69, 9.17) is 5.11 Å². The van der Waals surface area contributed by atoms with Gasteiger partial charge >= 0.3 is 5.97 Å². The molecule has 0 radical (unpaired) electrons. The molecule has 0 aliphatic heterocycles. The van der Waals surface area contributed by atoms with Crippen LogP contribution in [0.3, 0.4) is 0 Å². The zero-order valence-corrected chi connectivity index (χ0v) is 8.97. The van der Waals surface area contributed by atoms with Gasteiger partial charge in [-0.3, -0.25) is 0 Å². The third-order valence-electron chi connectivity index (χ3n) is 2.31. The van der Waals surface area contributed by atoms with E-state index >= 15 is 0 Å². The van der Waals surface area contributed by atoms with Crippen LogP contribution < -0.4 is 0 Å². The van der Waals surface area contributed by atoms with Gasteiger partial charge in [-0.15, -0.1) is 0 Å². The van der Waals surface area contributed by atoms with Crippen LogP contribution in [0.5, 0.6) is 5.75 Å². The Bertz CT molecular complexity index is 423. The van der Waals surface area contributed by atoms with E-state index in [2.05, 4.69) is 6.58 Å². The summed E-state index contributed by atoms with van der Waals surface area (Å²) in [5, 5.41) is 27.9. The Kier molecular flexibility index (Phi) is 3.68. The quantitative estimate of drug-likeness (QED) is 0.676. The van der Waals surface area contributed by atoms with Crippen molar-refractivity contribution in [1.82, 2.24) is 0 Å². The van der Waals surface area contributed by atoms with Crippen molar-refractivity contribution in [3.63, 3.8) is 0 Å². The van der Waals surface area contributed by atoms with Crippen molar-refractivity contribution in [1.29, 1.82) is 0 Å². The molecule has 1 unspecified atom stereocenters. The van der Waals surface area contributed by atoms with E-state index in [9.17, 15) is 15.0 Å². The number of aliphatic hydroxyl groups is 1. The van der Waals surface area contributed by atoms with Crippen molar-refractivity contribution in [3.8, 4) is 5.75 Å². The molecule has 4 heteroatoms. The Morgan fingerprint density at radius 1 is 1.50 bits per heavy atom. The van der Waals surface area contributed by atoms with Gasteiger partial charge in [-0.1, -0.05) is 12.2 Å². The number of hydrogen-bond donors (Lipinski definition) is 3. The topological polar surface area (TPSA) is 77.8 Å². The van der Waals surface area contributed by atoms with Crippen LogP contribution in [0.15, 0.2) is 30.4 Å².